The molecule has 1 aromatic carbocycles. The number of anilines is 1. The first-order valence-electron chi connectivity index (χ1n) is 11.7. The van der Waals surface area contributed by atoms with Crippen molar-refractivity contribution in [3.05, 3.63) is 54.0 Å². The Morgan fingerprint density at radius 2 is 1.97 bits per heavy atom. The molecule has 33 heavy (non-hydrogen) atoms. The van der Waals surface area contributed by atoms with Crippen LogP contribution in [-0.4, -0.2) is 52.9 Å². The predicted molar refractivity (Wildman–Crippen MR) is 125 cm³/mol. The molecule has 3 N–H and O–H groups in total. The van der Waals surface area contributed by atoms with Gasteiger partial charge in [0.2, 0.25) is 5.95 Å². The van der Waals surface area contributed by atoms with E-state index < -0.39 is 0 Å². The first-order valence-corrected chi connectivity index (χ1v) is 11.7. The minimum Gasteiger partial charge on any atom is -0.361 e. The fourth-order valence-electron chi connectivity index (χ4n) is 4.40. The van der Waals surface area contributed by atoms with Gasteiger partial charge >= 0.3 is 0 Å². The number of hydroxylamine groups is 1. The van der Waals surface area contributed by atoms with Gasteiger partial charge in [0.15, 0.2) is 6.29 Å². The fraction of sp³-hybridized carbons (Fsp3) is 0.458. The molecular weight excluding hydrogens is 420 g/mol. The largest absolute Gasteiger partial charge is 0.361 e. The third kappa shape index (κ3) is 5.32. The van der Waals surface area contributed by atoms with Crippen LogP contribution in [0.15, 0.2) is 42.9 Å². The van der Waals surface area contributed by atoms with Crippen LogP contribution in [0.4, 0.5) is 5.95 Å². The van der Waals surface area contributed by atoms with E-state index in [-0.39, 0.29) is 12.2 Å². The number of carbonyl (C=O) groups excluding carboxylic acids is 1. The molecule has 4 heterocycles. The smallest absolute Gasteiger partial charge is 0.278 e. The van der Waals surface area contributed by atoms with E-state index in [4.69, 9.17) is 9.57 Å². The number of hydrogen-bond donors (Lipinski definition) is 3. The van der Waals surface area contributed by atoms with E-state index >= 15 is 0 Å². The van der Waals surface area contributed by atoms with Gasteiger partial charge < -0.3 is 19.9 Å². The molecule has 0 spiro atoms. The summed E-state index contributed by atoms with van der Waals surface area (Å²) in [6, 6.07) is 8.84. The van der Waals surface area contributed by atoms with Crippen LogP contribution in [0.3, 0.4) is 0 Å². The van der Waals surface area contributed by atoms with Crippen LogP contribution in [0.1, 0.15) is 48.0 Å². The average Bonchev–Trinajstić information content (AvgIpc) is 3.30. The van der Waals surface area contributed by atoms with Crippen LogP contribution < -0.4 is 15.7 Å². The number of nitrogens with zero attached hydrogens (tertiary/aromatic N) is 3. The zero-order valence-corrected chi connectivity index (χ0v) is 18.6. The van der Waals surface area contributed by atoms with Gasteiger partial charge in [-0.1, -0.05) is 18.2 Å². The van der Waals surface area contributed by atoms with Gasteiger partial charge in [-0.25, -0.2) is 20.3 Å². The van der Waals surface area contributed by atoms with E-state index in [1.807, 2.05) is 6.07 Å². The van der Waals surface area contributed by atoms with Crippen LogP contribution in [-0.2, 0) is 16.1 Å². The maximum Gasteiger partial charge on any atom is 0.278 e. The molecule has 0 saturated carbocycles. The van der Waals surface area contributed by atoms with Crippen LogP contribution in [0, 0.1) is 0 Å². The molecule has 2 aliphatic heterocycles. The number of aromatic amines is 1. The van der Waals surface area contributed by atoms with Crippen LogP contribution in [0.2, 0.25) is 0 Å². The number of H-pyrrole nitrogens is 1. The topological polar surface area (TPSA) is 104 Å². The maximum atomic E-state index is 12.3. The molecular formula is C24H30N6O3. The quantitative estimate of drug-likeness (QED) is 0.476. The number of hydrogen-bond acceptors (Lipinski definition) is 7. The molecule has 1 unspecified atom stereocenters. The average molecular weight is 451 g/mol. The highest BCUT2D eigenvalue weighted by atomic mass is 16.8. The van der Waals surface area contributed by atoms with E-state index in [1.165, 1.54) is 16.5 Å². The summed E-state index contributed by atoms with van der Waals surface area (Å²) >= 11 is 0. The summed E-state index contributed by atoms with van der Waals surface area (Å²) in [7, 11) is 0. The third-order valence-electron chi connectivity index (χ3n) is 6.36. The summed E-state index contributed by atoms with van der Waals surface area (Å²) in [6.07, 6.45) is 9.68. The molecule has 0 bridgehead atoms. The molecule has 2 aliphatic rings. The summed E-state index contributed by atoms with van der Waals surface area (Å²) in [6.45, 7) is 3.26. The Balaban J connectivity index is 1.08. The Labute approximate surface area is 192 Å². The molecule has 5 rings (SSSR count). The minimum atomic E-state index is -0.381. The van der Waals surface area contributed by atoms with Crippen molar-refractivity contribution in [2.24, 2.45) is 0 Å². The van der Waals surface area contributed by atoms with Crippen molar-refractivity contribution in [2.75, 3.05) is 24.6 Å². The Morgan fingerprint density at radius 1 is 1.15 bits per heavy atom. The molecule has 1 amide bonds. The number of fused-ring (bicyclic) bond motifs is 1. The molecule has 2 aromatic heterocycles. The van der Waals surface area contributed by atoms with Crippen LogP contribution in [0.5, 0.6) is 0 Å². The number of benzene rings is 1. The van der Waals surface area contributed by atoms with E-state index in [0.717, 1.165) is 51.7 Å². The van der Waals surface area contributed by atoms with Gasteiger partial charge in [0.1, 0.15) is 0 Å². The zero-order chi connectivity index (χ0) is 22.5. The highest BCUT2D eigenvalue weighted by Crippen LogP contribution is 2.20. The minimum absolute atomic E-state index is 0.365. The predicted octanol–water partition coefficient (Wildman–Crippen LogP) is 2.90. The number of piperidine rings is 1. The molecule has 1 atom stereocenters. The summed E-state index contributed by atoms with van der Waals surface area (Å²) in [5, 5.41) is 4.96. The van der Waals surface area contributed by atoms with Gasteiger partial charge in [-0.2, -0.15) is 0 Å². The number of para-hydroxylation sites is 1. The molecule has 9 nitrogen and oxygen atoms in total. The number of rotatable bonds is 7. The highest BCUT2D eigenvalue weighted by Gasteiger charge is 2.22. The lowest BCUT2D eigenvalue weighted by Gasteiger charge is -2.32. The van der Waals surface area contributed by atoms with Gasteiger partial charge in [-0.05, 0) is 37.3 Å². The lowest BCUT2D eigenvalue weighted by Crippen LogP contribution is -2.43. The monoisotopic (exact) mass is 450 g/mol. The molecule has 0 radical (unpaired) electrons. The number of ether oxygens (including phenoxy) is 1. The molecule has 2 saturated heterocycles. The van der Waals surface area contributed by atoms with Crippen molar-refractivity contribution < 1.29 is 14.4 Å². The van der Waals surface area contributed by atoms with Crippen molar-refractivity contribution in [1.82, 2.24) is 25.7 Å². The van der Waals surface area contributed by atoms with E-state index in [2.05, 4.69) is 55.0 Å². The molecule has 3 aromatic rings. The standard InChI is InChI=1S/C24H30N6O3/c31-23(29-33-22-7-3-4-12-32-22)18-15-27-24(28-16-18)30-10-8-19(9-11-30)25-13-17-14-26-21-6-2-1-5-20(17)21/h1-2,5-6,14-16,19,22,25-26H,3-4,7-13H2,(H,29,31). The second kappa shape index (κ2) is 10.3. The number of carbonyl (C=O) groups is 1. The molecule has 2 fully saturated rings. The van der Waals surface area contributed by atoms with Crippen LogP contribution in [0.25, 0.3) is 10.9 Å². The highest BCUT2D eigenvalue weighted by molar-refractivity contribution is 5.92. The fourth-order valence-corrected chi connectivity index (χ4v) is 4.40. The summed E-state index contributed by atoms with van der Waals surface area (Å²) in [4.78, 5) is 31.9. The molecule has 0 aliphatic carbocycles. The number of aromatic nitrogens is 3. The van der Waals surface area contributed by atoms with Crippen LogP contribution >= 0.6 is 0 Å². The van der Waals surface area contributed by atoms with Crippen molar-refractivity contribution in [1.29, 1.82) is 0 Å². The summed E-state index contributed by atoms with van der Waals surface area (Å²) in [5.41, 5.74) is 5.28. The Bertz CT molecular complexity index is 1060. The van der Waals surface area contributed by atoms with Crippen molar-refractivity contribution in [2.45, 2.75) is 51.0 Å². The van der Waals surface area contributed by atoms with E-state index in [1.54, 1.807) is 12.4 Å². The second-order valence-electron chi connectivity index (χ2n) is 8.62. The second-order valence-corrected chi connectivity index (χ2v) is 8.62. The first kappa shape index (κ1) is 21.8. The van der Waals surface area contributed by atoms with E-state index in [9.17, 15) is 4.79 Å². The Kier molecular flexibility index (Phi) is 6.80. The molecule has 174 valence electrons. The Morgan fingerprint density at radius 3 is 2.76 bits per heavy atom. The first-order chi connectivity index (χ1) is 16.3. The number of nitrogens with one attached hydrogen (secondary N) is 3. The Hall–Kier alpha value is -3.01. The summed E-state index contributed by atoms with van der Waals surface area (Å²) in [5.74, 6) is 0.286. The summed E-state index contributed by atoms with van der Waals surface area (Å²) < 4.78 is 5.45. The van der Waals surface area contributed by atoms with Crippen molar-refractivity contribution in [3.63, 3.8) is 0 Å². The normalized spacial score (nSPS) is 19.6. The van der Waals surface area contributed by atoms with Gasteiger partial charge in [0, 0.05) is 68.2 Å². The van der Waals surface area contributed by atoms with Crippen molar-refractivity contribution >= 4 is 22.8 Å². The third-order valence-corrected chi connectivity index (χ3v) is 6.36. The maximum absolute atomic E-state index is 12.3. The van der Waals surface area contributed by atoms with Gasteiger partial charge in [-0.3, -0.25) is 4.79 Å². The zero-order valence-electron chi connectivity index (χ0n) is 18.6. The SMILES string of the molecule is O=C(NOC1CCCCO1)c1cnc(N2CCC(NCc3c[nH]c4ccccc34)CC2)nc1. The molecule has 9 heteroatoms. The van der Waals surface area contributed by atoms with E-state index in [0.29, 0.717) is 24.2 Å². The van der Waals surface area contributed by atoms with Crippen molar-refractivity contribution in [3.8, 4) is 0 Å². The van der Waals surface area contributed by atoms with Gasteiger partial charge in [0.25, 0.3) is 5.91 Å². The number of amides is 1. The van der Waals surface area contributed by atoms with Gasteiger partial charge in [-0.15, -0.1) is 0 Å². The lowest BCUT2D eigenvalue weighted by atomic mass is 10.0. The van der Waals surface area contributed by atoms with Gasteiger partial charge in [0.05, 0.1) is 5.56 Å². The lowest BCUT2D eigenvalue weighted by molar-refractivity contribution is -0.186.